The Labute approximate surface area is 231 Å². The van der Waals surface area contributed by atoms with Crippen molar-refractivity contribution < 1.29 is 42.0 Å². The molecule has 2 N–H and O–H groups in total. The SMILES string of the molecule is CCCOc1c(OCC(C)NO)cc(C2CCC(c3cc(OC)c(OC)c(OC)c3)O2)cc1S(=O)(=O)CCC. The zero-order valence-electron chi connectivity index (χ0n) is 23.6. The first-order chi connectivity index (χ1) is 18.7. The first-order valence-electron chi connectivity index (χ1n) is 13.2. The summed E-state index contributed by atoms with van der Waals surface area (Å²) in [7, 11) is 1.03. The molecular formula is C28H41NO9S. The molecule has 0 spiro atoms. The molecule has 1 aliphatic heterocycles. The van der Waals surface area contributed by atoms with E-state index in [0.717, 1.165) is 5.56 Å². The van der Waals surface area contributed by atoms with Crippen molar-refractivity contribution in [1.29, 1.82) is 0 Å². The maximum absolute atomic E-state index is 13.3. The van der Waals surface area contributed by atoms with Crippen LogP contribution in [0.3, 0.4) is 0 Å². The van der Waals surface area contributed by atoms with Gasteiger partial charge >= 0.3 is 0 Å². The van der Waals surface area contributed by atoms with Crippen molar-refractivity contribution in [3.63, 3.8) is 0 Å². The Morgan fingerprint density at radius 3 is 2.00 bits per heavy atom. The van der Waals surface area contributed by atoms with Crippen LogP contribution in [0.1, 0.15) is 69.8 Å². The van der Waals surface area contributed by atoms with Crippen LogP contribution < -0.4 is 29.2 Å². The summed E-state index contributed by atoms with van der Waals surface area (Å²) in [5, 5.41) is 9.25. The van der Waals surface area contributed by atoms with E-state index in [1.807, 2.05) is 26.0 Å². The maximum atomic E-state index is 13.3. The summed E-state index contributed by atoms with van der Waals surface area (Å²) in [6, 6.07) is 6.78. The number of nitrogens with one attached hydrogen (secondary N) is 1. The number of hydrogen-bond acceptors (Lipinski definition) is 10. The minimum Gasteiger partial charge on any atom is -0.493 e. The van der Waals surface area contributed by atoms with Crippen molar-refractivity contribution in [2.24, 2.45) is 0 Å². The lowest BCUT2D eigenvalue weighted by atomic mass is 10.0. The maximum Gasteiger partial charge on any atom is 0.203 e. The third-order valence-corrected chi connectivity index (χ3v) is 8.38. The quantitative estimate of drug-likeness (QED) is 0.284. The molecule has 0 radical (unpaired) electrons. The molecule has 10 nitrogen and oxygen atoms in total. The lowest BCUT2D eigenvalue weighted by Gasteiger charge is -2.22. The van der Waals surface area contributed by atoms with E-state index in [-0.39, 0.29) is 41.3 Å². The van der Waals surface area contributed by atoms with Gasteiger partial charge in [0.2, 0.25) is 5.75 Å². The summed E-state index contributed by atoms with van der Waals surface area (Å²) >= 11 is 0. The van der Waals surface area contributed by atoms with E-state index in [2.05, 4.69) is 5.48 Å². The topological polar surface area (TPSA) is 122 Å². The van der Waals surface area contributed by atoms with Crippen LogP contribution in [0.4, 0.5) is 0 Å². The molecule has 0 aliphatic carbocycles. The Bertz CT molecular complexity index is 1180. The normalized spacial score (nSPS) is 18.0. The molecule has 0 saturated carbocycles. The number of hydroxylamine groups is 1. The molecule has 1 saturated heterocycles. The Balaban J connectivity index is 2.02. The Morgan fingerprint density at radius 1 is 0.897 bits per heavy atom. The molecule has 2 aromatic rings. The molecule has 218 valence electrons. The predicted octanol–water partition coefficient (Wildman–Crippen LogP) is 5.02. The number of sulfone groups is 1. The van der Waals surface area contributed by atoms with Gasteiger partial charge in [-0.3, -0.25) is 0 Å². The zero-order chi connectivity index (χ0) is 28.6. The van der Waals surface area contributed by atoms with Crippen LogP contribution in [-0.2, 0) is 14.6 Å². The number of benzene rings is 2. The summed E-state index contributed by atoms with van der Waals surface area (Å²) in [5.74, 6) is 2.04. The summed E-state index contributed by atoms with van der Waals surface area (Å²) in [6.07, 6.45) is 1.89. The molecule has 1 aliphatic rings. The second-order valence-corrected chi connectivity index (χ2v) is 11.6. The van der Waals surface area contributed by atoms with Crippen LogP contribution in [-0.4, -0.2) is 60.0 Å². The fourth-order valence-electron chi connectivity index (χ4n) is 4.51. The molecule has 3 atom stereocenters. The van der Waals surface area contributed by atoms with Gasteiger partial charge in [-0.2, -0.15) is 5.48 Å². The number of methoxy groups -OCH3 is 3. The van der Waals surface area contributed by atoms with Gasteiger partial charge in [-0.15, -0.1) is 0 Å². The van der Waals surface area contributed by atoms with Crippen LogP contribution in [0.25, 0.3) is 0 Å². The predicted molar refractivity (Wildman–Crippen MR) is 146 cm³/mol. The number of rotatable bonds is 15. The van der Waals surface area contributed by atoms with Crippen molar-refractivity contribution in [3.05, 3.63) is 35.4 Å². The van der Waals surface area contributed by atoms with Gasteiger partial charge in [-0.1, -0.05) is 13.8 Å². The molecule has 1 heterocycles. The second-order valence-electron chi connectivity index (χ2n) is 9.50. The minimum absolute atomic E-state index is 0.0213. The van der Waals surface area contributed by atoms with Crippen LogP contribution in [0, 0.1) is 0 Å². The molecule has 11 heteroatoms. The van der Waals surface area contributed by atoms with E-state index in [9.17, 15) is 13.6 Å². The van der Waals surface area contributed by atoms with Crippen molar-refractivity contribution in [2.45, 2.75) is 69.6 Å². The molecule has 3 unspecified atom stereocenters. The minimum atomic E-state index is -3.65. The highest BCUT2D eigenvalue weighted by Crippen LogP contribution is 2.48. The van der Waals surface area contributed by atoms with Crippen LogP contribution >= 0.6 is 0 Å². The van der Waals surface area contributed by atoms with Crippen LogP contribution in [0.15, 0.2) is 29.2 Å². The molecule has 0 bridgehead atoms. The van der Waals surface area contributed by atoms with Crippen molar-refractivity contribution in [1.82, 2.24) is 5.48 Å². The van der Waals surface area contributed by atoms with Gasteiger partial charge in [0.25, 0.3) is 0 Å². The van der Waals surface area contributed by atoms with Crippen LogP contribution in [0.2, 0.25) is 0 Å². The third kappa shape index (κ3) is 7.27. The van der Waals surface area contributed by atoms with E-state index in [0.29, 0.717) is 60.9 Å². The van der Waals surface area contributed by atoms with Gasteiger partial charge in [0.05, 0.1) is 51.9 Å². The highest BCUT2D eigenvalue weighted by Gasteiger charge is 2.33. The average Bonchev–Trinajstić information content (AvgIpc) is 3.44. The van der Waals surface area contributed by atoms with Gasteiger partial charge in [0.1, 0.15) is 11.5 Å². The van der Waals surface area contributed by atoms with Gasteiger partial charge < -0.3 is 33.6 Å². The number of hydrogen-bond donors (Lipinski definition) is 2. The van der Waals surface area contributed by atoms with Crippen LogP contribution in [0.5, 0.6) is 28.7 Å². The van der Waals surface area contributed by atoms with Crippen molar-refractivity contribution >= 4 is 9.84 Å². The van der Waals surface area contributed by atoms with E-state index in [1.54, 1.807) is 40.4 Å². The Kier molecular flexibility index (Phi) is 11.1. The molecule has 0 amide bonds. The monoisotopic (exact) mass is 567 g/mol. The van der Waals surface area contributed by atoms with E-state index < -0.39 is 9.84 Å². The molecule has 3 rings (SSSR count). The Hall–Kier alpha value is -2.73. The van der Waals surface area contributed by atoms with E-state index >= 15 is 0 Å². The molecule has 0 aromatic heterocycles. The molecule has 1 fully saturated rings. The number of ether oxygens (including phenoxy) is 6. The lowest BCUT2D eigenvalue weighted by Crippen LogP contribution is -2.29. The lowest BCUT2D eigenvalue weighted by molar-refractivity contribution is 0.0434. The second kappa shape index (κ2) is 14.1. The van der Waals surface area contributed by atoms with E-state index in [1.165, 1.54) is 0 Å². The van der Waals surface area contributed by atoms with Crippen molar-refractivity contribution in [2.75, 3.05) is 40.3 Å². The zero-order valence-corrected chi connectivity index (χ0v) is 24.4. The van der Waals surface area contributed by atoms with Gasteiger partial charge in [-0.25, -0.2) is 8.42 Å². The Morgan fingerprint density at radius 2 is 1.49 bits per heavy atom. The molecule has 2 aromatic carbocycles. The summed E-state index contributed by atoms with van der Waals surface area (Å²) < 4.78 is 61.5. The average molecular weight is 568 g/mol. The van der Waals surface area contributed by atoms with Gasteiger partial charge in [-0.05, 0) is 68.0 Å². The summed E-state index contributed by atoms with van der Waals surface area (Å²) in [4.78, 5) is 0.0924. The third-order valence-electron chi connectivity index (χ3n) is 6.46. The largest absolute Gasteiger partial charge is 0.493 e. The summed E-state index contributed by atoms with van der Waals surface area (Å²) in [6.45, 7) is 5.95. The standard InChI is InChI=1S/C28H41NO9S/c1-7-11-36-28-25(37-17-18(3)29-30)15-20(16-26(28)39(31,32)12-8-2)22-10-9-21(38-22)19-13-23(33-4)27(35-6)24(14-19)34-5/h13-16,18,21-22,29-30H,7-12,17H2,1-6H3. The smallest absolute Gasteiger partial charge is 0.203 e. The first kappa shape index (κ1) is 30.8. The summed E-state index contributed by atoms with van der Waals surface area (Å²) in [5.41, 5.74) is 3.70. The molecular weight excluding hydrogens is 526 g/mol. The fourth-order valence-corrected chi connectivity index (χ4v) is 6.03. The van der Waals surface area contributed by atoms with Gasteiger partial charge in [0, 0.05) is 0 Å². The fraction of sp³-hybridized carbons (Fsp3) is 0.571. The van der Waals surface area contributed by atoms with Crippen molar-refractivity contribution in [3.8, 4) is 28.7 Å². The highest BCUT2D eigenvalue weighted by molar-refractivity contribution is 7.91. The molecule has 39 heavy (non-hydrogen) atoms. The van der Waals surface area contributed by atoms with E-state index in [4.69, 9.17) is 28.4 Å². The van der Waals surface area contributed by atoms with Gasteiger partial charge in [0.15, 0.2) is 32.8 Å². The first-order valence-corrected chi connectivity index (χ1v) is 14.9. The highest BCUT2D eigenvalue weighted by atomic mass is 32.2.